The van der Waals surface area contributed by atoms with Crippen molar-refractivity contribution in [2.75, 3.05) is 0 Å². The largest absolute Gasteiger partial charge is 0.382 e. The molecule has 4 aliphatic carbocycles. The molecule has 2 heterocycles. The van der Waals surface area contributed by atoms with Gasteiger partial charge >= 0.3 is 0 Å². The van der Waals surface area contributed by atoms with E-state index in [0.29, 0.717) is 10.8 Å². The van der Waals surface area contributed by atoms with Crippen molar-refractivity contribution in [3.63, 3.8) is 0 Å². The summed E-state index contributed by atoms with van der Waals surface area (Å²) in [5, 5.41) is 0. The van der Waals surface area contributed by atoms with Crippen molar-refractivity contribution in [3.8, 4) is 0 Å². The van der Waals surface area contributed by atoms with Gasteiger partial charge in [0.2, 0.25) is 0 Å². The minimum atomic E-state index is 0.304. The molecule has 2 aromatic rings. The lowest BCUT2D eigenvalue weighted by molar-refractivity contribution is -0.00999. The molecule has 0 radical (unpaired) electrons. The first-order valence-electron chi connectivity index (χ1n) is 11.1. The van der Waals surface area contributed by atoms with Gasteiger partial charge in [0.1, 0.15) is 6.26 Å². The highest BCUT2D eigenvalue weighted by Crippen LogP contribution is 2.66. The molecule has 4 aliphatic rings. The average molecular weight is 362 g/mol. The molecular weight excluding hydrogens is 330 g/mol. The number of hydrogen-bond acceptors (Lipinski definition) is 1. The third-order valence-electron chi connectivity index (χ3n) is 9.14. The first-order valence-corrected chi connectivity index (χ1v) is 11.1. The Morgan fingerprint density at radius 1 is 0.963 bits per heavy atom. The maximum atomic E-state index is 5.79. The van der Waals surface area contributed by atoms with Crippen molar-refractivity contribution >= 4 is 11.1 Å². The van der Waals surface area contributed by atoms with E-state index in [-0.39, 0.29) is 0 Å². The smallest absolute Gasteiger partial charge is 0.122 e. The summed E-state index contributed by atoms with van der Waals surface area (Å²) in [6.45, 7) is 5.16. The van der Waals surface area contributed by atoms with Crippen LogP contribution in [0, 0.1) is 28.6 Å². The zero-order valence-corrected chi connectivity index (χ0v) is 16.7. The first-order chi connectivity index (χ1) is 13.1. The Hall–Kier alpha value is -1.70. The van der Waals surface area contributed by atoms with Gasteiger partial charge in [-0.05, 0) is 91.2 Å². The van der Waals surface area contributed by atoms with Crippen molar-refractivity contribution in [1.29, 1.82) is 0 Å². The summed E-state index contributed by atoms with van der Waals surface area (Å²) in [5.74, 6) is 2.55. The standard InChI is InChI=1S/C25H31NO/c1-24-14-4-3-5-17(24)6-8-19-20-9-10-22(25(20,2)15-12-21(19)24)23-11-7-18-13-16-27-26(18)23/h6-7,10-11,13,16,19-21H,3-5,8-9,12,14-15H2,1-2H3/t19?,20?,21?,24-,25-/m0/s1. The van der Waals surface area contributed by atoms with E-state index < -0.39 is 0 Å². The summed E-state index contributed by atoms with van der Waals surface area (Å²) >= 11 is 0. The van der Waals surface area contributed by atoms with Crippen LogP contribution in [-0.2, 0) is 0 Å². The quantitative estimate of drug-likeness (QED) is 0.506. The van der Waals surface area contributed by atoms with Crippen LogP contribution >= 0.6 is 0 Å². The third-order valence-corrected chi connectivity index (χ3v) is 9.14. The van der Waals surface area contributed by atoms with Gasteiger partial charge in [0.15, 0.2) is 0 Å². The highest BCUT2D eigenvalue weighted by Gasteiger charge is 2.56. The summed E-state index contributed by atoms with van der Waals surface area (Å²) in [5.41, 5.74) is 6.62. The van der Waals surface area contributed by atoms with Gasteiger partial charge in [-0.1, -0.05) is 38.0 Å². The molecule has 0 aliphatic heterocycles. The zero-order valence-electron chi connectivity index (χ0n) is 16.7. The Balaban J connectivity index is 1.38. The van der Waals surface area contributed by atoms with Gasteiger partial charge in [-0.25, -0.2) is 0 Å². The summed E-state index contributed by atoms with van der Waals surface area (Å²) in [6, 6.07) is 6.53. The molecule has 0 amide bonds. The maximum Gasteiger partial charge on any atom is 0.122 e. The van der Waals surface area contributed by atoms with Crippen LogP contribution in [0.5, 0.6) is 0 Å². The van der Waals surface area contributed by atoms with E-state index in [2.05, 4.69) is 44.2 Å². The van der Waals surface area contributed by atoms with Crippen LogP contribution in [-0.4, -0.2) is 4.57 Å². The molecule has 2 fully saturated rings. The highest BCUT2D eigenvalue weighted by molar-refractivity contribution is 5.73. The van der Waals surface area contributed by atoms with Crippen LogP contribution in [0.3, 0.4) is 0 Å². The molecule has 2 saturated carbocycles. The van der Waals surface area contributed by atoms with E-state index >= 15 is 0 Å². The lowest BCUT2D eigenvalue weighted by atomic mass is 9.47. The van der Waals surface area contributed by atoms with Gasteiger partial charge in [-0.3, -0.25) is 0 Å². The minimum Gasteiger partial charge on any atom is -0.382 e. The lowest BCUT2D eigenvalue weighted by Crippen LogP contribution is -2.48. The highest BCUT2D eigenvalue weighted by atomic mass is 16.5. The van der Waals surface area contributed by atoms with E-state index in [4.69, 9.17) is 4.52 Å². The summed E-state index contributed by atoms with van der Waals surface area (Å²) < 4.78 is 7.82. The SMILES string of the molecule is C[C@]12CCCCC1=CCC1C2CC[C@]2(C)C(c3ccc4ccon34)=CCC12. The molecule has 0 saturated heterocycles. The van der Waals surface area contributed by atoms with Gasteiger partial charge in [0, 0.05) is 6.07 Å². The molecule has 27 heavy (non-hydrogen) atoms. The predicted molar refractivity (Wildman–Crippen MR) is 109 cm³/mol. The first kappa shape index (κ1) is 16.3. The topological polar surface area (TPSA) is 17.6 Å². The van der Waals surface area contributed by atoms with Gasteiger partial charge in [0.05, 0.1) is 11.2 Å². The van der Waals surface area contributed by atoms with E-state index in [1.54, 1.807) is 5.57 Å². The van der Waals surface area contributed by atoms with Crippen LogP contribution < -0.4 is 0 Å². The minimum absolute atomic E-state index is 0.304. The van der Waals surface area contributed by atoms with E-state index in [0.717, 1.165) is 17.8 Å². The summed E-state index contributed by atoms with van der Waals surface area (Å²) in [7, 11) is 0. The van der Waals surface area contributed by atoms with Gasteiger partial charge in [-0.15, -0.1) is 0 Å². The Kier molecular flexibility index (Phi) is 3.27. The summed E-state index contributed by atoms with van der Waals surface area (Å²) in [4.78, 5) is 0. The van der Waals surface area contributed by atoms with Gasteiger partial charge < -0.3 is 4.52 Å². The van der Waals surface area contributed by atoms with Crippen molar-refractivity contribution in [2.24, 2.45) is 28.6 Å². The van der Waals surface area contributed by atoms with Crippen LogP contribution in [0.2, 0.25) is 0 Å². The van der Waals surface area contributed by atoms with E-state index in [1.165, 1.54) is 62.6 Å². The second kappa shape index (κ2) is 5.43. The predicted octanol–water partition coefficient (Wildman–Crippen LogP) is 6.88. The van der Waals surface area contributed by atoms with Crippen molar-refractivity contribution in [2.45, 2.75) is 65.2 Å². The van der Waals surface area contributed by atoms with Gasteiger partial charge in [-0.2, -0.15) is 4.57 Å². The molecule has 2 aromatic heterocycles. The Morgan fingerprint density at radius 3 is 2.81 bits per heavy atom. The Labute approximate surface area is 162 Å². The number of fused-ring (bicyclic) bond motifs is 6. The van der Waals surface area contributed by atoms with E-state index in [1.807, 2.05) is 16.4 Å². The second-order valence-corrected chi connectivity index (χ2v) is 10.1. The molecule has 0 spiro atoms. The number of aromatic nitrogens is 1. The van der Waals surface area contributed by atoms with Crippen LogP contribution in [0.1, 0.15) is 70.9 Å². The Bertz CT molecular complexity index is 958. The molecule has 6 rings (SSSR count). The lowest BCUT2D eigenvalue weighted by Gasteiger charge is -2.57. The molecule has 142 valence electrons. The zero-order chi connectivity index (χ0) is 18.2. The van der Waals surface area contributed by atoms with Crippen molar-refractivity contribution < 1.29 is 4.52 Å². The molecule has 0 bridgehead atoms. The van der Waals surface area contributed by atoms with Crippen molar-refractivity contribution in [3.05, 3.63) is 47.9 Å². The molecule has 0 aromatic carbocycles. The number of rotatable bonds is 1. The number of hydrogen-bond donors (Lipinski definition) is 0. The third kappa shape index (κ3) is 2.02. The maximum absolute atomic E-state index is 5.79. The fourth-order valence-electron chi connectivity index (χ4n) is 7.70. The van der Waals surface area contributed by atoms with Crippen LogP contribution in [0.4, 0.5) is 0 Å². The van der Waals surface area contributed by atoms with Crippen LogP contribution in [0.25, 0.3) is 11.1 Å². The monoisotopic (exact) mass is 361 g/mol. The molecule has 0 N–H and O–H groups in total. The van der Waals surface area contributed by atoms with E-state index in [9.17, 15) is 0 Å². The summed E-state index contributed by atoms with van der Waals surface area (Å²) in [6.07, 6.45) is 18.0. The van der Waals surface area contributed by atoms with Gasteiger partial charge in [0.25, 0.3) is 0 Å². The molecule has 2 heteroatoms. The fourth-order valence-corrected chi connectivity index (χ4v) is 7.70. The average Bonchev–Trinajstić information content (AvgIpc) is 3.35. The van der Waals surface area contributed by atoms with Crippen LogP contribution in [0.15, 0.2) is 46.7 Å². The molecule has 5 atom stereocenters. The fraction of sp³-hybridized carbons (Fsp3) is 0.600. The van der Waals surface area contributed by atoms with Crippen molar-refractivity contribution in [1.82, 2.24) is 4.57 Å². The normalized spacial score (nSPS) is 40.9. The molecule has 2 nitrogen and oxygen atoms in total. The molecular formula is C25H31NO. The Morgan fingerprint density at radius 2 is 1.89 bits per heavy atom. The number of allylic oxidation sites excluding steroid dienone is 4. The number of nitrogens with zero attached hydrogens (tertiary/aromatic N) is 1. The molecule has 3 unspecified atom stereocenters. The second-order valence-electron chi connectivity index (χ2n) is 10.1.